The molecule has 0 spiro atoms. The normalized spacial score (nSPS) is 19.9. The van der Waals surface area contributed by atoms with Gasteiger partial charge in [0.25, 0.3) is 0 Å². The minimum atomic E-state index is -0.00420. The highest BCUT2D eigenvalue weighted by Gasteiger charge is 2.40. The van der Waals surface area contributed by atoms with Crippen molar-refractivity contribution in [2.45, 2.75) is 25.6 Å². The van der Waals surface area contributed by atoms with Crippen molar-refractivity contribution in [3.63, 3.8) is 0 Å². The van der Waals surface area contributed by atoms with Gasteiger partial charge in [0.15, 0.2) is 5.11 Å². The summed E-state index contributed by atoms with van der Waals surface area (Å²) in [6.07, 6.45) is 3.63. The van der Waals surface area contributed by atoms with Crippen LogP contribution in [0.2, 0.25) is 0 Å². The van der Waals surface area contributed by atoms with E-state index in [2.05, 4.69) is 44.2 Å². The number of nitrogens with zero attached hydrogens (tertiary/aromatic N) is 3. The molecule has 2 atom stereocenters. The molecule has 1 aliphatic heterocycles. The lowest BCUT2D eigenvalue weighted by Crippen LogP contribution is -2.29. The number of aryl methyl sites for hydroxylation is 1. The van der Waals surface area contributed by atoms with E-state index < -0.39 is 0 Å². The number of pyridine rings is 2. The monoisotopic (exact) mass is 349 g/mol. The number of aromatic nitrogens is 3. The van der Waals surface area contributed by atoms with Gasteiger partial charge in [0.2, 0.25) is 0 Å². The zero-order chi connectivity index (χ0) is 17.2. The second kappa shape index (κ2) is 6.64. The fourth-order valence-electron chi connectivity index (χ4n) is 3.28. The van der Waals surface area contributed by atoms with Gasteiger partial charge in [-0.1, -0.05) is 12.1 Å². The maximum absolute atomic E-state index is 5.65. The Labute approximate surface area is 152 Å². The first kappa shape index (κ1) is 15.8. The number of hydrogen-bond donors (Lipinski definition) is 2. The van der Waals surface area contributed by atoms with E-state index in [-0.39, 0.29) is 12.1 Å². The molecule has 0 unspecified atom stereocenters. The molecule has 1 saturated heterocycles. The quantitative estimate of drug-likeness (QED) is 0.708. The van der Waals surface area contributed by atoms with Crippen LogP contribution in [0.5, 0.6) is 0 Å². The molecule has 1 aliphatic rings. The predicted molar refractivity (Wildman–Crippen MR) is 101 cm³/mol. The van der Waals surface area contributed by atoms with E-state index in [0.29, 0.717) is 6.54 Å². The SMILES string of the molecule is Cc1ccc([C@@H]2[C@@H](c3ccccn3)NC(=S)N2Cc2ccccn2)[nH]1. The zero-order valence-corrected chi connectivity index (χ0v) is 14.7. The average Bonchev–Trinajstić information content (AvgIpc) is 3.20. The van der Waals surface area contributed by atoms with Crippen LogP contribution in [0.1, 0.15) is 34.9 Å². The number of thiocarbonyl (C=S) groups is 1. The van der Waals surface area contributed by atoms with Gasteiger partial charge >= 0.3 is 0 Å². The fourth-order valence-corrected chi connectivity index (χ4v) is 3.58. The second-order valence-corrected chi connectivity index (χ2v) is 6.56. The highest BCUT2D eigenvalue weighted by Crippen LogP contribution is 2.38. The lowest BCUT2D eigenvalue weighted by Gasteiger charge is -2.26. The molecule has 3 aromatic rings. The van der Waals surface area contributed by atoms with E-state index in [1.165, 1.54) is 0 Å². The number of aromatic amines is 1. The molecule has 5 nitrogen and oxygen atoms in total. The van der Waals surface area contributed by atoms with Gasteiger partial charge < -0.3 is 15.2 Å². The summed E-state index contributed by atoms with van der Waals surface area (Å²) in [7, 11) is 0. The molecule has 126 valence electrons. The number of hydrogen-bond acceptors (Lipinski definition) is 3. The Morgan fingerprint density at radius 1 is 1.04 bits per heavy atom. The van der Waals surface area contributed by atoms with Crippen LogP contribution in [0.3, 0.4) is 0 Å². The molecule has 2 N–H and O–H groups in total. The second-order valence-electron chi connectivity index (χ2n) is 6.17. The van der Waals surface area contributed by atoms with Gasteiger partial charge in [-0.2, -0.15) is 0 Å². The van der Waals surface area contributed by atoms with Gasteiger partial charge in [-0.3, -0.25) is 9.97 Å². The summed E-state index contributed by atoms with van der Waals surface area (Å²) >= 11 is 5.65. The third-order valence-corrected chi connectivity index (χ3v) is 4.78. The predicted octanol–water partition coefficient (Wildman–Crippen LogP) is 3.29. The summed E-state index contributed by atoms with van der Waals surface area (Å²) in [6.45, 7) is 2.71. The van der Waals surface area contributed by atoms with E-state index >= 15 is 0 Å². The summed E-state index contributed by atoms with van der Waals surface area (Å²) < 4.78 is 0. The molecule has 1 fully saturated rings. The summed E-state index contributed by atoms with van der Waals surface area (Å²) in [5.41, 5.74) is 4.22. The molecule has 4 heterocycles. The maximum Gasteiger partial charge on any atom is 0.170 e. The fraction of sp³-hybridized carbons (Fsp3) is 0.211. The van der Waals surface area contributed by atoms with E-state index in [9.17, 15) is 0 Å². The van der Waals surface area contributed by atoms with Crippen LogP contribution in [-0.4, -0.2) is 25.0 Å². The molecule has 0 aliphatic carbocycles. The largest absolute Gasteiger partial charge is 0.361 e. The van der Waals surface area contributed by atoms with Crippen molar-refractivity contribution in [2.24, 2.45) is 0 Å². The van der Waals surface area contributed by atoms with Crippen LogP contribution in [0.15, 0.2) is 60.9 Å². The number of nitrogens with one attached hydrogen (secondary N) is 2. The summed E-state index contributed by atoms with van der Waals surface area (Å²) in [5, 5.41) is 4.17. The molecule has 0 radical (unpaired) electrons. The van der Waals surface area contributed by atoms with Crippen molar-refractivity contribution in [3.05, 3.63) is 83.7 Å². The Morgan fingerprint density at radius 2 is 1.84 bits per heavy atom. The number of rotatable bonds is 4. The van der Waals surface area contributed by atoms with Gasteiger partial charge in [0.1, 0.15) is 0 Å². The van der Waals surface area contributed by atoms with Gasteiger partial charge in [0, 0.05) is 23.8 Å². The Bertz CT molecular complexity index is 862. The Kier molecular flexibility index (Phi) is 4.19. The summed E-state index contributed by atoms with van der Waals surface area (Å²) in [6, 6.07) is 16.2. The molecule has 6 heteroatoms. The van der Waals surface area contributed by atoms with Crippen LogP contribution in [-0.2, 0) is 6.54 Å². The molecule has 25 heavy (non-hydrogen) atoms. The molecule has 0 bridgehead atoms. The molecule has 0 saturated carbocycles. The van der Waals surface area contributed by atoms with Crippen molar-refractivity contribution in [2.75, 3.05) is 0 Å². The van der Waals surface area contributed by atoms with Crippen molar-refractivity contribution in [1.82, 2.24) is 25.2 Å². The van der Waals surface area contributed by atoms with E-state index in [0.717, 1.165) is 27.9 Å². The van der Waals surface area contributed by atoms with Crippen molar-refractivity contribution < 1.29 is 0 Å². The Hall–Kier alpha value is -2.73. The van der Waals surface area contributed by atoms with E-state index in [1.54, 1.807) is 0 Å². The zero-order valence-electron chi connectivity index (χ0n) is 13.9. The molecule has 4 rings (SSSR count). The molecular weight excluding hydrogens is 330 g/mol. The highest BCUT2D eigenvalue weighted by atomic mass is 32.1. The van der Waals surface area contributed by atoms with Gasteiger partial charge in [-0.05, 0) is 55.5 Å². The highest BCUT2D eigenvalue weighted by molar-refractivity contribution is 7.80. The first-order valence-electron chi connectivity index (χ1n) is 8.26. The topological polar surface area (TPSA) is 56.8 Å². The minimum absolute atomic E-state index is 0.00420. The van der Waals surface area contributed by atoms with E-state index in [1.807, 2.05) is 48.8 Å². The average molecular weight is 349 g/mol. The third-order valence-electron chi connectivity index (χ3n) is 4.43. The Morgan fingerprint density at radius 3 is 2.48 bits per heavy atom. The molecule has 3 aromatic heterocycles. The third kappa shape index (κ3) is 3.13. The lowest BCUT2D eigenvalue weighted by molar-refractivity contribution is 0.303. The molecule has 0 amide bonds. The van der Waals surface area contributed by atoms with Crippen LogP contribution >= 0.6 is 12.2 Å². The molecule has 0 aromatic carbocycles. The smallest absolute Gasteiger partial charge is 0.170 e. The van der Waals surface area contributed by atoms with E-state index in [4.69, 9.17) is 12.2 Å². The maximum atomic E-state index is 5.65. The van der Waals surface area contributed by atoms with Crippen LogP contribution < -0.4 is 5.32 Å². The van der Waals surface area contributed by atoms with Gasteiger partial charge in [0.05, 0.1) is 30.0 Å². The first-order chi connectivity index (χ1) is 12.2. The van der Waals surface area contributed by atoms with Crippen molar-refractivity contribution >= 4 is 17.3 Å². The number of H-pyrrole nitrogens is 1. The lowest BCUT2D eigenvalue weighted by atomic mass is 10.0. The van der Waals surface area contributed by atoms with Crippen molar-refractivity contribution in [3.8, 4) is 0 Å². The molecular formula is C19H19N5S. The van der Waals surface area contributed by atoms with Crippen molar-refractivity contribution in [1.29, 1.82) is 0 Å². The Balaban J connectivity index is 1.72. The summed E-state index contributed by atoms with van der Waals surface area (Å²) in [5.74, 6) is 0. The van der Waals surface area contributed by atoms with Gasteiger partial charge in [-0.15, -0.1) is 0 Å². The van der Waals surface area contributed by atoms with Crippen LogP contribution in [0.4, 0.5) is 0 Å². The van der Waals surface area contributed by atoms with Crippen LogP contribution in [0.25, 0.3) is 0 Å². The van der Waals surface area contributed by atoms with Crippen LogP contribution in [0, 0.1) is 6.92 Å². The summed E-state index contributed by atoms with van der Waals surface area (Å²) in [4.78, 5) is 14.6. The minimum Gasteiger partial charge on any atom is -0.361 e. The van der Waals surface area contributed by atoms with Gasteiger partial charge in [-0.25, -0.2) is 0 Å². The first-order valence-corrected chi connectivity index (χ1v) is 8.66. The standard InChI is InChI=1S/C19H19N5S/c1-13-8-9-16(22-13)18-17(15-7-3-5-11-21-15)23-19(25)24(18)12-14-6-2-4-10-20-14/h2-11,17-18,22H,12H2,1H3,(H,23,25)/t17-,18-/m1/s1.